The van der Waals surface area contributed by atoms with Gasteiger partial charge in [0.1, 0.15) is 5.52 Å². The van der Waals surface area contributed by atoms with Crippen molar-refractivity contribution in [3.63, 3.8) is 0 Å². The minimum Gasteiger partial charge on any atom is -0.440 e. The third-order valence-electron chi connectivity index (χ3n) is 4.56. The second-order valence-electron chi connectivity index (χ2n) is 6.38. The molecule has 0 spiro atoms. The van der Waals surface area contributed by atoms with Gasteiger partial charge in [-0.3, -0.25) is 4.79 Å². The number of amides is 1. The number of aromatic nitrogens is 1. The van der Waals surface area contributed by atoms with E-state index in [1.54, 1.807) is 11.3 Å². The number of oxazole rings is 1. The van der Waals surface area contributed by atoms with E-state index in [9.17, 15) is 4.79 Å². The van der Waals surface area contributed by atoms with Gasteiger partial charge in [-0.25, -0.2) is 4.98 Å². The van der Waals surface area contributed by atoms with Crippen LogP contribution in [0.3, 0.4) is 0 Å². The molecular formula is C18H16N2O2S. The highest BCUT2D eigenvalue weighted by Gasteiger charge is 2.29. The van der Waals surface area contributed by atoms with E-state index in [2.05, 4.69) is 10.3 Å². The molecule has 4 nitrogen and oxygen atoms in total. The smallest absolute Gasteiger partial charge is 0.265 e. The van der Waals surface area contributed by atoms with E-state index in [1.807, 2.05) is 24.3 Å². The predicted octanol–water partition coefficient (Wildman–Crippen LogP) is 4.51. The molecule has 0 bridgehead atoms. The van der Waals surface area contributed by atoms with Gasteiger partial charge in [0.25, 0.3) is 5.91 Å². The van der Waals surface area contributed by atoms with Crippen molar-refractivity contribution in [3.8, 4) is 0 Å². The van der Waals surface area contributed by atoms with Crippen LogP contribution in [0.25, 0.3) is 11.1 Å². The van der Waals surface area contributed by atoms with E-state index in [0.717, 1.165) is 40.4 Å². The number of rotatable bonds is 3. The molecule has 0 radical (unpaired) electrons. The van der Waals surface area contributed by atoms with E-state index >= 15 is 0 Å². The molecule has 5 rings (SSSR count). The van der Waals surface area contributed by atoms with Crippen LogP contribution in [0.5, 0.6) is 0 Å². The molecule has 5 heteroatoms. The molecule has 2 aliphatic carbocycles. The van der Waals surface area contributed by atoms with Gasteiger partial charge in [-0.05, 0) is 61.9 Å². The van der Waals surface area contributed by atoms with Crippen molar-refractivity contribution in [1.82, 2.24) is 4.98 Å². The predicted molar refractivity (Wildman–Crippen MR) is 90.3 cm³/mol. The van der Waals surface area contributed by atoms with Crippen LogP contribution in [0.15, 0.2) is 28.7 Å². The van der Waals surface area contributed by atoms with Crippen molar-refractivity contribution in [2.24, 2.45) is 0 Å². The minimum absolute atomic E-state index is 0.0327. The first-order chi connectivity index (χ1) is 11.3. The molecule has 0 saturated heterocycles. The average molecular weight is 324 g/mol. The fourth-order valence-corrected chi connectivity index (χ4v) is 4.31. The van der Waals surface area contributed by atoms with Crippen molar-refractivity contribution in [3.05, 3.63) is 45.5 Å². The Morgan fingerprint density at radius 2 is 2.17 bits per heavy atom. The highest BCUT2D eigenvalue weighted by molar-refractivity contribution is 7.14. The third kappa shape index (κ3) is 2.36. The van der Waals surface area contributed by atoms with Crippen LogP contribution in [0, 0.1) is 0 Å². The van der Waals surface area contributed by atoms with Crippen molar-refractivity contribution in [1.29, 1.82) is 0 Å². The molecule has 0 atom stereocenters. The number of carbonyl (C=O) groups is 1. The van der Waals surface area contributed by atoms with Crippen LogP contribution >= 0.6 is 11.3 Å². The standard InChI is InChI=1S/C18H16N2O2S/c21-17(16-8-11-2-1-3-15(11)23-16)19-12-6-7-14-13(9-12)20-18(22-14)10-4-5-10/h6-10H,1-5H2,(H,19,21). The van der Waals surface area contributed by atoms with Crippen LogP contribution in [0.1, 0.15) is 51.2 Å². The molecule has 1 N–H and O–H groups in total. The van der Waals surface area contributed by atoms with Gasteiger partial charge in [-0.2, -0.15) is 0 Å². The largest absolute Gasteiger partial charge is 0.440 e. The molecule has 0 unspecified atom stereocenters. The summed E-state index contributed by atoms with van der Waals surface area (Å²) in [5.41, 5.74) is 3.73. The number of carbonyl (C=O) groups excluding carboxylic acids is 1. The first kappa shape index (κ1) is 13.3. The van der Waals surface area contributed by atoms with Gasteiger partial charge in [0.2, 0.25) is 0 Å². The van der Waals surface area contributed by atoms with Crippen LogP contribution < -0.4 is 5.32 Å². The summed E-state index contributed by atoms with van der Waals surface area (Å²) in [5.74, 6) is 1.29. The van der Waals surface area contributed by atoms with Gasteiger partial charge in [-0.1, -0.05) is 0 Å². The Hall–Kier alpha value is -2.14. The number of aryl methyl sites for hydroxylation is 2. The number of benzene rings is 1. The molecule has 1 aromatic carbocycles. The highest BCUT2D eigenvalue weighted by atomic mass is 32.1. The zero-order chi connectivity index (χ0) is 15.4. The quantitative estimate of drug-likeness (QED) is 0.771. The monoisotopic (exact) mass is 324 g/mol. The molecule has 3 aromatic rings. The maximum absolute atomic E-state index is 12.4. The molecule has 1 amide bonds. The van der Waals surface area contributed by atoms with E-state index < -0.39 is 0 Å². The number of nitrogens with one attached hydrogen (secondary N) is 1. The summed E-state index contributed by atoms with van der Waals surface area (Å²) in [7, 11) is 0. The lowest BCUT2D eigenvalue weighted by Gasteiger charge is -2.03. The van der Waals surface area contributed by atoms with Gasteiger partial charge >= 0.3 is 0 Å². The fourth-order valence-electron chi connectivity index (χ4n) is 3.16. The van der Waals surface area contributed by atoms with Crippen molar-refractivity contribution >= 4 is 34.0 Å². The Labute approximate surface area is 137 Å². The zero-order valence-electron chi connectivity index (χ0n) is 12.6. The van der Waals surface area contributed by atoms with Gasteiger partial charge in [0.05, 0.1) is 4.88 Å². The van der Waals surface area contributed by atoms with Gasteiger partial charge in [0.15, 0.2) is 11.5 Å². The minimum atomic E-state index is -0.0327. The van der Waals surface area contributed by atoms with E-state index in [-0.39, 0.29) is 5.91 Å². The van der Waals surface area contributed by atoms with Crippen LogP contribution in [-0.4, -0.2) is 10.9 Å². The average Bonchev–Trinajstić information content (AvgIpc) is 2.97. The number of thiophene rings is 1. The first-order valence-electron chi connectivity index (χ1n) is 8.10. The van der Waals surface area contributed by atoms with Crippen LogP contribution in [-0.2, 0) is 12.8 Å². The van der Waals surface area contributed by atoms with E-state index in [1.165, 1.54) is 29.7 Å². The van der Waals surface area contributed by atoms with Gasteiger partial charge in [0, 0.05) is 16.5 Å². The summed E-state index contributed by atoms with van der Waals surface area (Å²) >= 11 is 1.62. The molecule has 2 aliphatic rings. The molecule has 2 aromatic heterocycles. The first-order valence-corrected chi connectivity index (χ1v) is 8.91. The summed E-state index contributed by atoms with van der Waals surface area (Å²) in [6.07, 6.45) is 5.77. The molecule has 2 heterocycles. The number of nitrogens with zero attached hydrogens (tertiary/aromatic N) is 1. The Morgan fingerprint density at radius 3 is 3.00 bits per heavy atom. The highest BCUT2D eigenvalue weighted by Crippen LogP contribution is 2.40. The third-order valence-corrected chi connectivity index (χ3v) is 5.79. The van der Waals surface area contributed by atoms with Gasteiger partial charge < -0.3 is 9.73 Å². The number of fused-ring (bicyclic) bond motifs is 2. The van der Waals surface area contributed by atoms with E-state index in [0.29, 0.717) is 5.92 Å². The normalized spacial score (nSPS) is 16.7. The number of anilines is 1. The van der Waals surface area contributed by atoms with Crippen LogP contribution in [0.2, 0.25) is 0 Å². The molecule has 0 aliphatic heterocycles. The lowest BCUT2D eigenvalue weighted by Crippen LogP contribution is -2.10. The summed E-state index contributed by atoms with van der Waals surface area (Å²) in [5, 5.41) is 2.98. The number of hydrogen-bond donors (Lipinski definition) is 1. The Bertz CT molecular complexity index is 899. The Balaban J connectivity index is 1.40. The maximum atomic E-state index is 12.4. The summed E-state index contributed by atoms with van der Waals surface area (Å²) in [6, 6.07) is 7.70. The Kier molecular flexibility index (Phi) is 2.85. The van der Waals surface area contributed by atoms with E-state index in [4.69, 9.17) is 4.42 Å². The van der Waals surface area contributed by atoms with Gasteiger partial charge in [-0.15, -0.1) is 11.3 Å². The maximum Gasteiger partial charge on any atom is 0.265 e. The molecule has 1 fully saturated rings. The summed E-state index contributed by atoms with van der Waals surface area (Å²) in [4.78, 5) is 19.1. The lowest BCUT2D eigenvalue weighted by atomic mass is 10.2. The second-order valence-corrected chi connectivity index (χ2v) is 7.51. The van der Waals surface area contributed by atoms with Crippen molar-refractivity contribution in [2.75, 3.05) is 5.32 Å². The SMILES string of the molecule is O=C(Nc1ccc2oc(C3CC3)nc2c1)c1cc2c(s1)CCC2. The van der Waals surface area contributed by atoms with Crippen molar-refractivity contribution in [2.45, 2.75) is 38.0 Å². The molecule has 1 saturated carbocycles. The summed E-state index contributed by atoms with van der Waals surface area (Å²) in [6.45, 7) is 0. The fraction of sp³-hybridized carbons (Fsp3) is 0.333. The lowest BCUT2D eigenvalue weighted by molar-refractivity contribution is 0.103. The van der Waals surface area contributed by atoms with Crippen LogP contribution in [0.4, 0.5) is 5.69 Å². The molecular weight excluding hydrogens is 308 g/mol. The Morgan fingerprint density at radius 1 is 1.26 bits per heavy atom. The summed E-state index contributed by atoms with van der Waals surface area (Å²) < 4.78 is 5.76. The number of hydrogen-bond acceptors (Lipinski definition) is 4. The second kappa shape index (κ2) is 4.93. The van der Waals surface area contributed by atoms with Crippen molar-refractivity contribution < 1.29 is 9.21 Å². The zero-order valence-corrected chi connectivity index (χ0v) is 13.4. The molecule has 116 valence electrons. The molecule has 23 heavy (non-hydrogen) atoms. The topological polar surface area (TPSA) is 55.1 Å².